The number of benzene rings is 2. The predicted molar refractivity (Wildman–Crippen MR) is 74.8 cm³/mol. The van der Waals surface area contributed by atoms with Crippen molar-refractivity contribution in [1.82, 2.24) is 0 Å². The molecule has 0 heterocycles. The highest BCUT2D eigenvalue weighted by Gasteiger charge is 2.03. The molecular formula is C14H11BrFNO2. The van der Waals surface area contributed by atoms with E-state index in [0.717, 1.165) is 11.3 Å². The van der Waals surface area contributed by atoms with E-state index < -0.39 is 5.97 Å². The zero-order valence-electron chi connectivity index (χ0n) is 9.86. The van der Waals surface area contributed by atoms with Crippen molar-refractivity contribution in [2.75, 3.05) is 5.32 Å². The summed E-state index contributed by atoms with van der Waals surface area (Å²) in [5.74, 6) is -1.25. The van der Waals surface area contributed by atoms with Gasteiger partial charge in [0.15, 0.2) is 0 Å². The highest BCUT2D eigenvalue weighted by molar-refractivity contribution is 9.10. The van der Waals surface area contributed by atoms with Gasteiger partial charge in [-0.15, -0.1) is 0 Å². The van der Waals surface area contributed by atoms with Crippen LogP contribution in [0.15, 0.2) is 46.9 Å². The second kappa shape index (κ2) is 5.84. The van der Waals surface area contributed by atoms with E-state index in [9.17, 15) is 9.18 Å². The molecule has 19 heavy (non-hydrogen) atoms. The number of hydrogen-bond acceptors (Lipinski definition) is 2. The number of aromatic carboxylic acids is 1. The van der Waals surface area contributed by atoms with E-state index in [2.05, 4.69) is 21.2 Å². The van der Waals surface area contributed by atoms with Crippen molar-refractivity contribution in [1.29, 1.82) is 0 Å². The molecule has 0 aliphatic carbocycles. The van der Waals surface area contributed by atoms with Gasteiger partial charge >= 0.3 is 5.97 Å². The first-order valence-electron chi connectivity index (χ1n) is 5.57. The molecule has 0 radical (unpaired) electrons. The van der Waals surface area contributed by atoms with Crippen molar-refractivity contribution in [2.45, 2.75) is 6.54 Å². The Hall–Kier alpha value is -1.88. The van der Waals surface area contributed by atoms with Crippen molar-refractivity contribution < 1.29 is 14.3 Å². The van der Waals surface area contributed by atoms with Crippen LogP contribution >= 0.6 is 15.9 Å². The fourth-order valence-corrected chi connectivity index (χ4v) is 2.09. The van der Waals surface area contributed by atoms with Crippen LogP contribution in [-0.4, -0.2) is 11.1 Å². The molecule has 0 amide bonds. The SMILES string of the molecule is O=C(O)c1ccc(CNc2ccc(F)cc2Br)cc1. The highest BCUT2D eigenvalue weighted by atomic mass is 79.9. The summed E-state index contributed by atoms with van der Waals surface area (Å²) in [6.45, 7) is 0.532. The summed E-state index contributed by atoms with van der Waals surface area (Å²) in [5.41, 5.74) is 1.98. The molecule has 0 saturated carbocycles. The number of carboxylic acids is 1. The zero-order valence-corrected chi connectivity index (χ0v) is 11.4. The third-order valence-electron chi connectivity index (χ3n) is 2.61. The molecule has 2 aromatic carbocycles. The summed E-state index contributed by atoms with van der Waals surface area (Å²) >= 11 is 3.27. The average Bonchev–Trinajstić information content (AvgIpc) is 2.38. The second-order valence-corrected chi connectivity index (χ2v) is 4.83. The summed E-state index contributed by atoms with van der Waals surface area (Å²) < 4.78 is 13.6. The standard InChI is InChI=1S/C14H11BrFNO2/c15-12-7-11(16)5-6-13(12)17-8-9-1-3-10(4-2-9)14(18)19/h1-7,17H,8H2,(H,18,19). The zero-order chi connectivity index (χ0) is 13.8. The first-order valence-corrected chi connectivity index (χ1v) is 6.37. The Morgan fingerprint density at radius 1 is 1.21 bits per heavy atom. The Morgan fingerprint density at radius 3 is 2.47 bits per heavy atom. The number of rotatable bonds is 4. The van der Waals surface area contributed by atoms with Crippen LogP contribution in [0.4, 0.5) is 10.1 Å². The van der Waals surface area contributed by atoms with Gasteiger partial charge in [-0.3, -0.25) is 0 Å². The van der Waals surface area contributed by atoms with Crippen molar-refractivity contribution in [3.63, 3.8) is 0 Å². The largest absolute Gasteiger partial charge is 0.478 e. The molecular weight excluding hydrogens is 313 g/mol. The maximum atomic E-state index is 12.9. The number of carboxylic acid groups (broad SMARTS) is 1. The fraction of sp³-hybridized carbons (Fsp3) is 0.0714. The van der Waals surface area contributed by atoms with E-state index in [1.807, 2.05) is 0 Å². The minimum atomic E-state index is -0.944. The molecule has 3 nitrogen and oxygen atoms in total. The van der Waals surface area contributed by atoms with Crippen LogP contribution in [0, 0.1) is 5.82 Å². The number of hydrogen-bond donors (Lipinski definition) is 2. The third-order valence-corrected chi connectivity index (χ3v) is 3.27. The number of anilines is 1. The van der Waals surface area contributed by atoms with E-state index >= 15 is 0 Å². The number of halogens is 2. The lowest BCUT2D eigenvalue weighted by molar-refractivity contribution is 0.0697. The lowest BCUT2D eigenvalue weighted by Crippen LogP contribution is -2.01. The smallest absolute Gasteiger partial charge is 0.335 e. The molecule has 0 aliphatic heterocycles. The van der Waals surface area contributed by atoms with E-state index in [1.165, 1.54) is 12.1 Å². The first-order chi connectivity index (χ1) is 9.06. The monoisotopic (exact) mass is 323 g/mol. The van der Waals surface area contributed by atoms with Crippen LogP contribution < -0.4 is 5.32 Å². The molecule has 5 heteroatoms. The van der Waals surface area contributed by atoms with Gasteiger partial charge in [0.05, 0.1) is 5.56 Å². The Labute approximate surface area is 118 Å². The topological polar surface area (TPSA) is 49.3 Å². The van der Waals surface area contributed by atoms with Gasteiger partial charge in [0, 0.05) is 16.7 Å². The van der Waals surface area contributed by atoms with Crippen LogP contribution in [-0.2, 0) is 6.54 Å². The van der Waals surface area contributed by atoms with Gasteiger partial charge in [0.25, 0.3) is 0 Å². The molecule has 0 spiro atoms. The Kier molecular flexibility index (Phi) is 4.16. The summed E-state index contributed by atoms with van der Waals surface area (Å²) in [7, 11) is 0. The minimum absolute atomic E-state index is 0.256. The normalized spacial score (nSPS) is 10.2. The Morgan fingerprint density at radius 2 is 1.89 bits per heavy atom. The maximum Gasteiger partial charge on any atom is 0.335 e. The molecule has 0 saturated heterocycles. The van der Waals surface area contributed by atoms with Gasteiger partial charge in [-0.1, -0.05) is 12.1 Å². The molecule has 0 atom stereocenters. The van der Waals surface area contributed by atoms with Crippen LogP contribution in [0.5, 0.6) is 0 Å². The molecule has 0 bridgehead atoms. The van der Waals surface area contributed by atoms with E-state index in [-0.39, 0.29) is 11.4 Å². The Bertz CT molecular complexity index is 599. The minimum Gasteiger partial charge on any atom is -0.478 e. The van der Waals surface area contributed by atoms with Crippen LogP contribution in [0.1, 0.15) is 15.9 Å². The van der Waals surface area contributed by atoms with E-state index in [0.29, 0.717) is 11.0 Å². The third kappa shape index (κ3) is 3.54. The molecule has 2 N–H and O–H groups in total. The molecule has 2 aromatic rings. The van der Waals surface area contributed by atoms with Crippen molar-refractivity contribution in [2.24, 2.45) is 0 Å². The summed E-state index contributed by atoms with van der Waals surface area (Å²) in [6, 6.07) is 11.0. The highest BCUT2D eigenvalue weighted by Crippen LogP contribution is 2.23. The van der Waals surface area contributed by atoms with Crippen molar-refractivity contribution >= 4 is 27.6 Å². The van der Waals surface area contributed by atoms with E-state index in [4.69, 9.17) is 5.11 Å². The Balaban J connectivity index is 2.04. The maximum absolute atomic E-state index is 12.9. The average molecular weight is 324 g/mol. The quantitative estimate of drug-likeness (QED) is 0.897. The molecule has 98 valence electrons. The van der Waals surface area contributed by atoms with E-state index in [1.54, 1.807) is 30.3 Å². The van der Waals surface area contributed by atoms with Crippen LogP contribution in [0.2, 0.25) is 0 Å². The van der Waals surface area contributed by atoms with Gasteiger partial charge in [0.1, 0.15) is 5.82 Å². The molecule has 2 rings (SSSR count). The molecule has 0 unspecified atom stereocenters. The number of carbonyl (C=O) groups is 1. The van der Waals surface area contributed by atoms with Crippen LogP contribution in [0.3, 0.4) is 0 Å². The molecule has 0 aliphatic rings. The van der Waals surface area contributed by atoms with Crippen molar-refractivity contribution in [3.05, 3.63) is 63.9 Å². The lowest BCUT2D eigenvalue weighted by Gasteiger charge is -2.09. The lowest BCUT2D eigenvalue weighted by atomic mass is 10.1. The number of nitrogens with one attached hydrogen (secondary N) is 1. The van der Waals surface area contributed by atoms with Crippen LogP contribution in [0.25, 0.3) is 0 Å². The van der Waals surface area contributed by atoms with Gasteiger partial charge in [-0.25, -0.2) is 9.18 Å². The van der Waals surface area contributed by atoms with Crippen molar-refractivity contribution in [3.8, 4) is 0 Å². The van der Waals surface area contributed by atoms with Gasteiger partial charge in [-0.2, -0.15) is 0 Å². The fourth-order valence-electron chi connectivity index (χ4n) is 1.60. The summed E-state index contributed by atoms with van der Waals surface area (Å²) in [4.78, 5) is 10.7. The summed E-state index contributed by atoms with van der Waals surface area (Å²) in [5, 5.41) is 11.9. The molecule has 0 aromatic heterocycles. The second-order valence-electron chi connectivity index (χ2n) is 3.98. The van der Waals surface area contributed by atoms with Gasteiger partial charge in [0.2, 0.25) is 0 Å². The predicted octanol–water partition coefficient (Wildman–Crippen LogP) is 3.90. The summed E-state index contributed by atoms with van der Waals surface area (Å²) in [6.07, 6.45) is 0. The van der Waals surface area contributed by atoms with Gasteiger partial charge < -0.3 is 10.4 Å². The first kappa shape index (κ1) is 13.5. The van der Waals surface area contributed by atoms with Gasteiger partial charge in [-0.05, 0) is 51.8 Å². The molecule has 0 fully saturated rings.